The van der Waals surface area contributed by atoms with Crippen molar-refractivity contribution in [2.75, 3.05) is 0 Å². The van der Waals surface area contributed by atoms with Crippen LogP contribution in [0.2, 0.25) is 0 Å². The van der Waals surface area contributed by atoms with Crippen LogP contribution in [0.15, 0.2) is 42.0 Å². The number of Topliss-reactive ketones (excluding diaryl/α,β-unsaturated/α-hetero) is 1. The highest BCUT2D eigenvalue weighted by Gasteiger charge is 2.17. The molecule has 7 heteroatoms. The minimum Gasteiger partial charge on any atom is -0.349 e. The fourth-order valence-electron chi connectivity index (χ4n) is 2.77. The predicted molar refractivity (Wildman–Crippen MR) is 101 cm³/mol. The standard InChI is InChI=1S/C19H20N4O2S/c1-12(22-19(25)9-15-8-17(14(3)24)26-11-15)16-10-21-23(13(16)2)18-6-4-5-7-20-18/h4-8,10-12H,9H2,1-3H3,(H,22,25). The van der Waals surface area contributed by atoms with Crippen LogP contribution in [0, 0.1) is 6.92 Å². The molecule has 3 heterocycles. The summed E-state index contributed by atoms with van der Waals surface area (Å²) in [6, 6.07) is 7.25. The molecule has 1 unspecified atom stereocenters. The molecule has 1 amide bonds. The van der Waals surface area contributed by atoms with E-state index in [0.717, 1.165) is 22.6 Å². The van der Waals surface area contributed by atoms with Crippen LogP contribution in [0.3, 0.4) is 0 Å². The van der Waals surface area contributed by atoms with Crippen LogP contribution in [0.4, 0.5) is 0 Å². The number of nitrogens with one attached hydrogen (secondary N) is 1. The summed E-state index contributed by atoms with van der Waals surface area (Å²) < 4.78 is 1.76. The topological polar surface area (TPSA) is 76.9 Å². The number of amides is 1. The summed E-state index contributed by atoms with van der Waals surface area (Å²) >= 11 is 1.37. The number of ketones is 1. The predicted octanol–water partition coefficient (Wildman–Crippen LogP) is 3.26. The molecule has 1 atom stereocenters. The molecule has 6 nitrogen and oxygen atoms in total. The molecule has 0 fully saturated rings. The van der Waals surface area contributed by atoms with Crippen LogP contribution in [-0.2, 0) is 11.2 Å². The molecule has 0 aliphatic rings. The molecule has 3 aromatic rings. The van der Waals surface area contributed by atoms with Gasteiger partial charge in [-0.3, -0.25) is 9.59 Å². The number of hydrogen-bond donors (Lipinski definition) is 1. The number of carbonyl (C=O) groups excluding carboxylic acids is 2. The van der Waals surface area contributed by atoms with Crippen LogP contribution in [0.25, 0.3) is 5.82 Å². The van der Waals surface area contributed by atoms with E-state index >= 15 is 0 Å². The van der Waals surface area contributed by atoms with E-state index in [1.54, 1.807) is 23.1 Å². The summed E-state index contributed by atoms with van der Waals surface area (Å²) in [5.41, 5.74) is 2.73. The van der Waals surface area contributed by atoms with E-state index in [0.29, 0.717) is 4.88 Å². The monoisotopic (exact) mass is 368 g/mol. The van der Waals surface area contributed by atoms with E-state index in [1.807, 2.05) is 37.4 Å². The molecule has 1 N–H and O–H groups in total. The summed E-state index contributed by atoms with van der Waals surface area (Å²) in [6.07, 6.45) is 3.73. The zero-order valence-corrected chi connectivity index (χ0v) is 15.7. The van der Waals surface area contributed by atoms with Crippen molar-refractivity contribution in [3.63, 3.8) is 0 Å². The van der Waals surface area contributed by atoms with Gasteiger partial charge in [0.2, 0.25) is 5.91 Å². The summed E-state index contributed by atoms with van der Waals surface area (Å²) in [4.78, 5) is 28.7. The second-order valence-electron chi connectivity index (χ2n) is 6.13. The molecule has 0 spiro atoms. The number of carbonyl (C=O) groups is 2. The lowest BCUT2D eigenvalue weighted by molar-refractivity contribution is -0.121. The Labute approximate surface area is 155 Å². The molecule has 0 aliphatic carbocycles. The van der Waals surface area contributed by atoms with E-state index < -0.39 is 0 Å². The lowest BCUT2D eigenvalue weighted by Gasteiger charge is -2.14. The third-order valence-corrected chi connectivity index (χ3v) is 5.20. The lowest BCUT2D eigenvalue weighted by Crippen LogP contribution is -2.28. The Balaban J connectivity index is 1.68. The van der Waals surface area contributed by atoms with Gasteiger partial charge in [0.05, 0.1) is 23.5 Å². The molecule has 0 aromatic carbocycles. The Morgan fingerprint density at radius 2 is 2.15 bits per heavy atom. The second-order valence-corrected chi connectivity index (χ2v) is 7.04. The molecule has 0 aliphatic heterocycles. The number of rotatable bonds is 6. The Bertz CT molecular complexity index is 930. The van der Waals surface area contributed by atoms with Gasteiger partial charge in [-0.25, -0.2) is 9.67 Å². The van der Waals surface area contributed by atoms with Crippen molar-refractivity contribution in [3.8, 4) is 5.82 Å². The molecule has 3 aromatic heterocycles. The first-order chi connectivity index (χ1) is 12.5. The molecule has 0 saturated carbocycles. The summed E-state index contributed by atoms with van der Waals surface area (Å²) in [6.45, 7) is 5.41. The molecule has 0 saturated heterocycles. The van der Waals surface area contributed by atoms with Gasteiger partial charge in [-0.1, -0.05) is 6.07 Å². The maximum atomic E-state index is 12.3. The zero-order valence-electron chi connectivity index (χ0n) is 14.9. The minimum absolute atomic E-state index is 0.0209. The third-order valence-electron chi connectivity index (χ3n) is 4.12. The fraction of sp³-hybridized carbons (Fsp3) is 0.263. The van der Waals surface area contributed by atoms with Crippen molar-refractivity contribution in [2.45, 2.75) is 33.2 Å². The first-order valence-electron chi connectivity index (χ1n) is 8.29. The van der Waals surface area contributed by atoms with Gasteiger partial charge in [0.25, 0.3) is 0 Å². The number of hydrogen-bond acceptors (Lipinski definition) is 5. The highest BCUT2D eigenvalue weighted by Crippen LogP contribution is 2.20. The maximum Gasteiger partial charge on any atom is 0.224 e. The molecule has 0 radical (unpaired) electrons. The zero-order chi connectivity index (χ0) is 18.7. The van der Waals surface area contributed by atoms with Gasteiger partial charge < -0.3 is 5.32 Å². The van der Waals surface area contributed by atoms with Gasteiger partial charge in [-0.2, -0.15) is 5.10 Å². The van der Waals surface area contributed by atoms with Crippen molar-refractivity contribution < 1.29 is 9.59 Å². The van der Waals surface area contributed by atoms with Gasteiger partial charge in [0, 0.05) is 17.5 Å². The molecular weight excluding hydrogens is 348 g/mol. The second kappa shape index (κ2) is 7.61. The minimum atomic E-state index is -0.175. The first kappa shape index (κ1) is 18.0. The van der Waals surface area contributed by atoms with Crippen LogP contribution < -0.4 is 5.32 Å². The molecule has 3 rings (SSSR count). The van der Waals surface area contributed by atoms with Gasteiger partial charge in [-0.15, -0.1) is 11.3 Å². The maximum absolute atomic E-state index is 12.3. The largest absolute Gasteiger partial charge is 0.349 e. The normalized spacial score (nSPS) is 12.0. The molecular formula is C19H20N4O2S. The van der Waals surface area contributed by atoms with Gasteiger partial charge >= 0.3 is 0 Å². The number of aromatic nitrogens is 3. The van der Waals surface area contributed by atoms with Crippen LogP contribution in [-0.4, -0.2) is 26.5 Å². The van der Waals surface area contributed by atoms with Crippen molar-refractivity contribution >= 4 is 23.0 Å². The average molecular weight is 368 g/mol. The quantitative estimate of drug-likeness (QED) is 0.678. The Morgan fingerprint density at radius 3 is 2.81 bits per heavy atom. The van der Waals surface area contributed by atoms with Crippen LogP contribution >= 0.6 is 11.3 Å². The van der Waals surface area contributed by atoms with Crippen LogP contribution in [0.1, 0.15) is 46.4 Å². The van der Waals surface area contributed by atoms with Crippen molar-refractivity contribution in [1.82, 2.24) is 20.1 Å². The Kier molecular flexibility index (Phi) is 5.27. The Hall–Kier alpha value is -2.80. The van der Waals surface area contributed by atoms with E-state index in [4.69, 9.17) is 0 Å². The van der Waals surface area contributed by atoms with Gasteiger partial charge in [0.15, 0.2) is 11.6 Å². The smallest absolute Gasteiger partial charge is 0.224 e. The van der Waals surface area contributed by atoms with E-state index in [2.05, 4.69) is 15.4 Å². The van der Waals surface area contributed by atoms with Crippen molar-refractivity contribution in [1.29, 1.82) is 0 Å². The highest BCUT2D eigenvalue weighted by atomic mass is 32.1. The summed E-state index contributed by atoms with van der Waals surface area (Å²) in [5, 5.41) is 9.24. The fourth-order valence-corrected chi connectivity index (χ4v) is 3.58. The van der Waals surface area contributed by atoms with E-state index in [9.17, 15) is 9.59 Å². The highest BCUT2D eigenvalue weighted by molar-refractivity contribution is 7.12. The van der Waals surface area contributed by atoms with Crippen LogP contribution in [0.5, 0.6) is 0 Å². The lowest BCUT2D eigenvalue weighted by atomic mass is 10.1. The molecule has 134 valence electrons. The number of pyridine rings is 1. The molecule has 26 heavy (non-hydrogen) atoms. The Morgan fingerprint density at radius 1 is 1.35 bits per heavy atom. The average Bonchev–Trinajstić information content (AvgIpc) is 3.22. The van der Waals surface area contributed by atoms with E-state index in [1.165, 1.54) is 18.3 Å². The van der Waals surface area contributed by atoms with E-state index in [-0.39, 0.29) is 24.2 Å². The first-order valence-corrected chi connectivity index (χ1v) is 9.17. The van der Waals surface area contributed by atoms with Crippen molar-refractivity contribution in [3.05, 3.63) is 63.7 Å². The van der Waals surface area contributed by atoms with Gasteiger partial charge in [-0.05, 0) is 49.9 Å². The third kappa shape index (κ3) is 3.88. The summed E-state index contributed by atoms with van der Waals surface area (Å²) in [5.74, 6) is 0.674. The summed E-state index contributed by atoms with van der Waals surface area (Å²) in [7, 11) is 0. The van der Waals surface area contributed by atoms with Crippen molar-refractivity contribution in [2.24, 2.45) is 0 Å². The number of thiophene rings is 1. The SMILES string of the molecule is CC(=O)c1cc(CC(=O)NC(C)c2cnn(-c3ccccn3)c2C)cs1. The molecule has 0 bridgehead atoms. The number of nitrogens with zero attached hydrogens (tertiary/aromatic N) is 3. The van der Waals surface area contributed by atoms with Gasteiger partial charge in [0.1, 0.15) is 0 Å².